The second kappa shape index (κ2) is 9.88. The molecule has 0 bridgehead atoms. The highest BCUT2D eigenvalue weighted by Gasteiger charge is 2.55. The van der Waals surface area contributed by atoms with Gasteiger partial charge >= 0.3 is 6.03 Å². The maximum absolute atomic E-state index is 13.6. The van der Waals surface area contributed by atoms with Crippen LogP contribution >= 0.6 is 11.8 Å². The van der Waals surface area contributed by atoms with Crippen molar-refractivity contribution in [3.8, 4) is 0 Å². The van der Waals surface area contributed by atoms with E-state index < -0.39 is 5.54 Å². The van der Waals surface area contributed by atoms with Crippen LogP contribution in [0.25, 0.3) is 0 Å². The molecule has 1 aromatic rings. The molecule has 31 heavy (non-hydrogen) atoms. The van der Waals surface area contributed by atoms with E-state index in [1.807, 2.05) is 11.8 Å². The number of ether oxygens (including phenoxy) is 1. The molecule has 3 amide bonds. The van der Waals surface area contributed by atoms with E-state index in [-0.39, 0.29) is 30.2 Å². The Bertz CT molecular complexity index is 779. The molecule has 3 aliphatic rings. The highest BCUT2D eigenvalue weighted by Crippen LogP contribution is 2.37. The SMILES string of the molecule is COCCN1C(=O)N[C@@](Cc2ccc(F)cc2)(C2CCN(C3CCSCC3)CC2)C1=O. The molecule has 0 aromatic heterocycles. The number of amides is 3. The first-order chi connectivity index (χ1) is 15.0. The Hall–Kier alpha value is -1.64. The van der Waals surface area contributed by atoms with Gasteiger partial charge in [-0.2, -0.15) is 11.8 Å². The number of imide groups is 1. The van der Waals surface area contributed by atoms with Gasteiger partial charge in [0.05, 0.1) is 13.2 Å². The molecule has 3 aliphatic heterocycles. The van der Waals surface area contributed by atoms with Crippen molar-refractivity contribution in [1.82, 2.24) is 15.1 Å². The van der Waals surface area contributed by atoms with Crippen molar-refractivity contribution in [2.24, 2.45) is 5.92 Å². The third-order valence-electron chi connectivity index (χ3n) is 7.05. The monoisotopic (exact) mass is 449 g/mol. The lowest BCUT2D eigenvalue weighted by Gasteiger charge is -2.44. The van der Waals surface area contributed by atoms with Crippen LogP contribution in [0.5, 0.6) is 0 Å². The van der Waals surface area contributed by atoms with E-state index in [0.29, 0.717) is 19.1 Å². The largest absolute Gasteiger partial charge is 0.383 e. The molecule has 1 aromatic carbocycles. The van der Waals surface area contributed by atoms with Crippen molar-refractivity contribution in [3.63, 3.8) is 0 Å². The van der Waals surface area contributed by atoms with Crippen LogP contribution in [0.15, 0.2) is 24.3 Å². The molecule has 3 saturated heterocycles. The molecule has 0 saturated carbocycles. The van der Waals surface area contributed by atoms with E-state index in [1.165, 1.54) is 41.4 Å². The fourth-order valence-electron chi connectivity index (χ4n) is 5.30. The molecule has 0 aliphatic carbocycles. The zero-order chi connectivity index (χ0) is 21.8. The molecule has 0 radical (unpaired) electrons. The summed E-state index contributed by atoms with van der Waals surface area (Å²) in [5, 5.41) is 3.07. The van der Waals surface area contributed by atoms with Gasteiger partial charge in [0.1, 0.15) is 11.4 Å². The van der Waals surface area contributed by atoms with E-state index in [0.717, 1.165) is 31.5 Å². The molecular weight excluding hydrogens is 417 g/mol. The lowest BCUT2D eigenvalue weighted by molar-refractivity contribution is -0.134. The summed E-state index contributed by atoms with van der Waals surface area (Å²) in [5.41, 5.74) is -0.118. The molecule has 3 heterocycles. The van der Waals surface area contributed by atoms with Gasteiger partial charge in [-0.05, 0) is 73.9 Å². The lowest BCUT2D eigenvalue weighted by Crippen LogP contribution is -2.58. The van der Waals surface area contributed by atoms with Gasteiger partial charge in [-0.15, -0.1) is 0 Å². The molecular formula is C23H32FN3O3S. The zero-order valence-corrected chi connectivity index (χ0v) is 19.0. The standard InChI is InChI=1S/C23H32FN3O3S/c1-30-13-12-27-21(28)23(25-22(27)29,16-17-2-4-19(24)5-3-17)18-6-10-26(11-7-18)20-8-14-31-15-9-20/h2-5,18,20H,6-16H2,1H3,(H,25,29)/t23-/m0/s1. The average Bonchev–Trinajstić information content (AvgIpc) is 3.04. The van der Waals surface area contributed by atoms with Crippen LogP contribution in [0.1, 0.15) is 31.2 Å². The van der Waals surface area contributed by atoms with Crippen LogP contribution in [0.3, 0.4) is 0 Å². The number of methoxy groups -OCH3 is 1. The predicted molar refractivity (Wildman–Crippen MR) is 120 cm³/mol. The maximum atomic E-state index is 13.6. The van der Waals surface area contributed by atoms with E-state index in [4.69, 9.17) is 4.74 Å². The Balaban J connectivity index is 1.54. The van der Waals surface area contributed by atoms with Crippen molar-refractivity contribution in [2.75, 3.05) is 44.9 Å². The Kier molecular flexibility index (Phi) is 7.19. The van der Waals surface area contributed by atoms with Gasteiger partial charge in [-0.1, -0.05) is 12.1 Å². The minimum atomic E-state index is -0.975. The van der Waals surface area contributed by atoms with Crippen molar-refractivity contribution in [2.45, 2.75) is 43.7 Å². The Morgan fingerprint density at radius 1 is 1.13 bits per heavy atom. The van der Waals surface area contributed by atoms with Gasteiger partial charge in [-0.25, -0.2) is 9.18 Å². The van der Waals surface area contributed by atoms with Gasteiger partial charge in [0.15, 0.2) is 0 Å². The van der Waals surface area contributed by atoms with Crippen LogP contribution in [0.2, 0.25) is 0 Å². The minimum absolute atomic E-state index is 0.0516. The smallest absolute Gasteiger partial charge is 0.325 e. The first-order valence-corrected chi connectivity index (χ1v) is 12.4. The minimum Gasteiger partial charge on any atom is -0.383 e. The number of nitrogens with one attached hydrogen (secondary N) is 1. The Morgan fingerprint density at radius 3 is 2.45 bits per heavy atom. The van der Waals surface area contributed by atoms with Crippen molar-refractivity contribution in [3.05, 3.63) is 35.6 Å². The lowest BCUT2D eigenvalue weighted by atomic mass is 9.73. The zero-order valence-electron chi connectivity index (χ0n) is 18.1. The predicted octanol–water partition coefficient (Wildman–Crippen LogP) is 2.91. The van der Waals surface area contributed by atoms with Crippen LogP contribution in [-0.2, 0) is 16.0 Å². The number of rotatable bonds is 7. The van der Waals surface area contributed by atoms with Crippen molar-refractivity contribution in [1.29, 1.82) is 0 Å². The number of hydrogen-bond acceptors (Lipinski definition) is 5. The summed E-state index contributed by atoms with van der Waals surface area (Å²) in [5.74, 6) is 2.02. The van der Waals surface area contributed by atoms with E-state index in [9.17, 15) is 14.0 Å². The molecule has 1 N–H and O–H groups in total. The summed E-state index contributed by atoms with van der Waals surface area (Å²) < 4.78 is 18.5. The number of likely N-dealkylation sites (tertiary alicyclic amines) is 1. The Labute approximate surface area is 187 Å². The summed E-state index contributed by atoms with van der Waals surface area (Å²) in [7, 11) is 1.56. The quantitative estimate of drug-likeness (QED) is 0.649. The maximum Gasteiger partial charge on any atom is 0.325 e. The number of carbonyl (C=O) groups is 2. The van der Waals surface area contributed by atoms with Crippen molar-refractivity contribution >= 4 is 23.7 Å². The second-order valence-electron chi connectivity index (χ2n) is 8.81. The molecule has 6 nitrogen and oxygen atoms in total. The molecule has 4 rings (SSSR count). The normalized spacial score (nSPS) is 26.5. The molecule has 3 fully saturated rings. The number of urea groups is 1. The van der Waals surface area contributed by atoms with Crippen LogP contribution < -0.4 is 5.32 Å². The van der Waals surface area contributed by atoms with Crippen molar-refractivity contribution < 1.29 is 18.7 Å². The van der Waals surface area contributed by atoms with Gasteiger partial charge in [-0.3, -0.25) is 9.69 Å². The van der Waals surface area contributed by atoms with E-state index in [1.54, 1.807) is 19.2 Å². The third kappa shape index (κ3) is 4.76. The highest BCUT2D eigenvalue weighted by atomic mass is 32.2. The summed E-state index contributed by atoms with van der Waals surface area (Å²) in [6.07, 6.45) is 4.59. The molecule has 0 unspecified atom stereocenters. The number of halogens is 1. The number of nitrogens with zero attached hydrogens (tertiary/aromatic N) is 2. The molecule has 1 atom stereocenters. The van der Waals surface area contributed by atoms with Crippen LogP contribution in [0.4, 0.5) is 9.18 Å². The van der Waals surface area contributed by atoms with Crippen LogP contribution in [0, 0.1) is 11.7 Å². The molecule has 0 spiro atoms. The van der Waals surface area contributed by atoms with Gasteiger partial charge < -0.3 is 15.0 Å². The number of hydrogen-bond donors (Lipinski definition) is 1. The first-order valence-electron chi connectivity index (χ1n) is 11.2. The number of piperidine rings is 1. The van der Waals surface area contributed by atoms with Gasteiger partial charge in [0, 0.05) is 19.6 Å². The summed E-state index contributed by atoms with van der Waals surface area (Å²) >= 11 is 2.03. The van der Waals surface area contributed by atoms with Gasteiger partial charge in [0.25, 0.3) is 5.91 Å². The molecule has 170 valence electrons. The van der Waals surface area contributed by atoms with Gasteiger partial charge in [0.2, 0.25) is 0 Å². The summed E-state index contributed by atoms with van der Waals surface area (Å²) in [6.45, 7) is 2.45. The number of thioether (sulfide) groups is 1. The average molecular weight is 450 g/mol. The summed E-state index contributed by atoms with van der Waals surface area (Å²) in [4.78, 5) is 30.2. The second-order valence-corrected chi connectivity index (χ2v) is 10.0. The fourth-order valence-corrected chi connectivity index (χ4v) is 6.38. The molecule has 8 heteroatoms. The number of carbonyl (C=O) groups excluding carboxylic acids is 2. The topological polar surface area (TPSA) is 61.9 Å². The third-order valence-corrected chi connectivity index (χ3v) is 8.10. The summed E-state index contributed by atoms with van der Waals surface area (Å²) in [6, 6.07) is 6.54. The van der Waals surface area contributed by atoms with Crippen LogP contribution in [-0.4, -0.2) is 78.2 Å². The highest BCUT2D eigenvalue weighted by molar-refractivity contribution is 7.99. The fraction of sp³-hybridized carbons (Fsp3) is 0.652. The van der Waals surface area contributed by atoms with E-state index in [2.05, 4.69) is 10.2 Å². The van der Waals surface area contributed by atoms with E-state index >= 15 is 0 Å². The first kappa shape index (κ1) is 22.6. The Morgan fingerprint density at radius 2 is 1.81 bits per heavy atom. The number of benzene rings is 1.